The Balaban J connectivity index is 1.38. The molecule has 0 saturated carbocycles. The molecule has 0 unspecified atom stereocenters. The van der Waals surface area contributed by atoms with E-state index in [1.165, 1.54) is 5.56 Å². The van der Waals surface area contributed by atoms with Crippen LogP contribution in [0.3, 0.4) is 0 Å². The van der Waals surface area contributed by atoms with E-state index in [4.69, 9.17) is 9.72 Å². The monoisotopic (exact) mass is 456 g/mol. The number of carbonyl (C=O) groups is 1. The van der Waals surface area contributed by atoms with Crippen LogP contribution in [0.4, 0.5) is 5.69 Å². The maximum absolute atomic E-state index is 12.5. The molecule has 1 aromatic heterocycles. The summed E-state index contributed by atoms with van der Waals surface area (Å²) in [6, 6.07) is 23.9. The van der Waals surface area contributed by atoms with E-state index in [1.54, 1.807) is 11.3 Å². The summed E-state index contributed by atoms with van der Waals surface area (Å²) >= 11 is 1.62. The zero-order chi connectivity index (χ0) is 23.4. The third kappa shape index (κ3) is 5.68. The lowest BCUT2D eigenvalue weighted by molar-refractivity contribution is -0.118. The van der Waals surface area contributed by atoms with Crippen molar-refractivity contribution < 1.29 is 9.53 Å². The van der Waals surface area contributed by atoms with Gasteiger partial charge in [-0.05, 0) is 36.1 Å². The number of anilines is 1. The Morgan fingerprint density at radius 2 is 1.70 bits per heavy atom. The largest absolute Gasteiger partial charge is 0.483 e. The molecule has 4 rings (SSSR count). The van der Waals surface area contributed by atoms with Crippen LogP contribution < -0.4 is 10.1 Å². The van der Waals surface area contributed by atoms with Crippen LogP contribution in [-0.2, 0) is 10.2 Å². The zero-order valence-corrected chi connectivity index (χ0v) is 20.2. The van der Waals surface area contributed by atoms with E-state index in [2.05, 4.69) is 56.6 Å². The van der Waals surface area contributed by atoms with E-state index >= 15 is 0 Å². The number of benzene rings is 3. The molecule has 0 saturated heterocycles. The van der Waals surface area contributed by atoms with Crippen LogP contribution in [0.25, 0.3) is 21.8 Å². The van der Waals surface area contributed by atoms with Gasteiger partial charge in [0.25, 0.3) is 5.91 Å². The van der Waals surface area contributed by atoms with E-state index in [-0.39, 0.29) is 17.9 Å². The lowest BCUT2D eigenvalue weighted by Gasteiger charge is -2.23. The van der Waals surface area contributed by atoms with Crippen LogP contribution in [0.15, 0.2) is 78.2 Å². The maximum Gasteiger partial charge on any atom is 0.262 e. The van der Waals surface area contributed by atoms with Gasteiger partial charge in [-0.15, -0.1) is 11.3 Å². The summed E-state index contributed by atoms with van der Waals surface area (Å²) in [5, 5.41) is 5.96. The Bertz CT molecular complexity index is 1240. The number of thiazole rings is 1. The lowest BCUT2D eigenvalue weighted by atomic mass is 9.85. The number of nitrogens with zero attached hydrogens (tertiary/aromatic N) is 1. The van der Waals surface area contributed by atoms with Gasteiger partial charge in [0, 0.05) is 22.2 Å². The van der Waals surface area contributed by atoms with Gasteiger partial charge in [-0.2, -0.15) is 0 Å². The number of hydrogen-bond acceptors (Lipinski definition) is 4. The Hall–Kier alpha value is -3.44. The predicted octanol–water partition coefficient (Wildman–Crippen LogP) is 7.10. The molecule has 0 aliphatic carbocycles. The standard InChI is InChI=1S/C28H28N2O2S/c1-19-10-15-25(23(16-19)28(2,3)4)32-17-26(31)29-22-13-11-20(12-14-22)24-18-33-27(30-24)21-8-6-5-7-9-21/h5-16,18H,17H2,1-4H3,(H,29,31). The van der Waals surface area contributed by atoms with Crippen LogP contribution in [0.1, 0.15) is 31.9 Å². The van der Waals surface area contributed by atoms with E-state index in [0.717, 1.165) is 38.8 Å². The van der Waals surface area contributed by atoms with Gasteiger partial charge < -0.3 is 10.1 Å². The van der Waals surface area contributed by atoms with Gasteiger partial charge in [0.05, 0.1) is 5.69 Å². The highest BCUT2D eigenvalue weighted by Crippen LogP contribution is 2.32. The number of amides is 1. The number of hydrogen-bond donors (Lipinski definition) is 1. The van der Waals surface area contributed by atoms with E-state index in [9.17, 15) is 4.79 Å². The third-order valence-corrected chi connectivity index (χ3v) is 6.18. The van der Waals surface area contributed by atoms with Gasteiger partial charge in [-0.3, -0.25) is 4.79 Å². The Morgan fingerprint density at radius 3 is 2.39 bits per heavy atom. The predicted molar refractivity (Wildman–Crippen MR) is 137 cm³/mol. The molecule has 0 atom stereocenters. The van der Waals surface area contributed by atoms with Crippen molar-refractivity contribution in [3.63, 3.8) is 0 Å². The molecule has 0 aliphatic rings. The minimum absolute atomic E-state index is 0.0413. The second kappa shape index (κ2) is 9.59. The van der Waals surface area contributed by atoms with Crippen molar-refractivity contribution in [1.82, 2.24) is 4.98 Å². The smallest absolute Gasteiger partial charge is 0.262 e. The normalized spacial score (nSPS) is 11.3. The highest BCUT2D eigenvalue weighted by atomic mass is 32.1. The molecule has 4 nitrogen and oxygen atoms in total. The molecule has 3 aromatic carbocycles. The molecule has 5 heteroatoms. The fourth-order valence-corrected chi connectivity index (χ4v) is 4.38. The Morgan fingerprint density at radius 1 is 0.970 bits per heavy atom. The lowest BCUT2D eigenvalue weighted by Crippen LogP contribution is -2.22. The van der Waals surface area contributed by atoms with Gasteiger partial charge >= 0.3 is 0 Å². The molecular weight excluding hydrogens is 428 g/mol. The van der Waals surface area contributed by atoms with Crippen LogP contribution in [-0.4, -0.2) is 17.5 Å². The molecule has 0 aliphatic heterocycles. The maximum atomic E-state index is 12.5. The fraction of sp³-hybridized carbons (Fsp3) is 0.214. The third-order valence-electron chi connectivity index (χ3n) is 5.29. The number of carbonyl (C=O) groups excluding carboxylic acids is 1. The first-order valence-corrected chi connectivity index (χ1v) is 11.8. The molecule has 4 aromatic rings. The average Bonchev–Trinajstić information content (AvgIpc) is 3.29. The van der Waals surface area contributed by atoms with Gasteiger partial charge in [0.1, 0.15) is 10.8 Å². The topological polar surface area (TPSA) is 51.2 Å². The highest BCUT2D eigenvalue weighted by molar-refractivity contribution is 7.13. The first-order valence-electron chi connectivity index (χ1n) is 10.9. The zero-order valence-electron chi connectivity index (χ0n) is 19.4. The molecule has 1 amide bonds. The minimum atomic E-state index is -0.191. The van der Waals surface area contributed by atoms with Gasteiger partial charge in [0.2, 0.25) is 0 Å². The van der Waals surface area contributed by atoms with Gasteiger partial charge in [-0.25, -0.2) is 4.98 Å². The number of aromatic nitrogens is 1. The van der Waals surface area contributed by atoms with E-state index in [0.29, 0.717) is 0 Å². The van der Waals surface area contributed by atoms with Crippen molar-refractivity contribution in [2.24, 2.45) is 0 Å². The van der Waals surface area contributed by atoms with E-state index < -0.39 is 0 Å². The molecule has 0 spiro atoms. The second-order valence-corrected chi connectivity index (χ2v) is 9.93. The molecule has 1 heterocycles. The van der Waals surface area contributed by atoms with E-state index in [1.807, 2.05) is 54.6 Å². The minimum Gasteiger partial charge on any atom is -0.483 e. The van der Waals surface area contributed by atoms with Crippen molar-refractivity contribution in [3.05, 3.63) is 89.3 Å². The van der Waals surface area contributed by atoms with Gasteiger partial charge in [0.15, 0.2) is 6.61 Å². The number of nitrogens with one attached hydrogen (secondary N) is 1. The first-order chi connectivity index (χ1) is 15.8. The number of ether oxygens (including phenoxy) is 1. The summed E-state index contributed by atoms with van der Waals surface area (Å²) in [7, 11) is 0. The summed E-state index contributed by atoms with van der Waals surface area (Å²) in [6.45, 7) is 8.44. The van der Waals surface area contributed by atoms with Crippen molar-refractivity contribution in [1.29, 1.82) is 0 Å². The Kier molecular flexibility index (Phi) is 6.61. The first kappa shape index (κ1) is 22.7. The Labute approximate surface area is 199 Å². The van der Waals surface area contributed by atoms with Crippen LogP contribution in [0, 0.1) is 6.92 Å². The summed E-state index contributed by atoms with van der Waals surface area (Å²) in [4.78, 5) is 17.2. The molecule has 33 heavy (non-hydrogen) atoms. The number of rotatable bonds is 6. The summed E-state index contributed by atoms with van der Waals surface area (Å²) in [6.07, 6.45) is 0. The van der Waals surface area contributed by atoms with Crippen LogP contribution in [0.5, 0.6) is 5.75 Å². The average molecular weight is 457 g/mol. The molecule has 168 valence electrons. The molecule has 0 bridgehead atoms. The SMILES string of the molecule is Cc1ccc(OCC(=O)Nc2ccc(-c3csc(-c4ccccc4)n3)cc2)c(C(C)(C)C)c1. The molecular formula is C28H28N2O2S. The van der Waals surface area contributed by atoms with Crippen molar-refractivity contribution >= 4 is 22.9 Å². The summed E-state index contributed by atoms with van der Waals surface area (Å²) in [5.74, 6) is 0.555. The van der Waals surface area contributed by atoms with Crippen LogP contribution >= 0.6 is 11.3 Å². The fourth-order valence-electron chi connectivity index (χ4n) is 3.54. The van der Waals surface area contributed by atoms with Crippen LogP contribution in [0.2, 0.25) is 0 Å². The van der Waals surface area contributed by atoms with Crippen molar-refractivity contribution in [2.45, 2.75) is 33.1 Å². The summed E-state index contributed by atoms with van der Waals surface area (Å²) < 4.78 is 5.87. The molecule has 1 N–H and O–H groups in total. The van der Waals surface area contributed by atoms with Gasteiger partial charge in [-0.1, -0.05) is 80.9 Å². The quantitative estimate of drug-likeness (QED) is 0.337. The number of aryl methyl sites for hydroxylation is 1. The molecule has 0 radical (unpaired) electrons. The van der Waals surface area contributed by atoms with Crippen molar-refractivity contribution in [2.75, 3.05) is 11.9 Å². The van der Waals surface area contributed by atoms with Crippen molar-refractivity contribution in [3.8, 4) is 27.6 Å². The summed E-state index contributed by atoms with van der Waals surface area (Å²) in [5.41, 5.74) is 5.98. The highest BCUT2D eigenvalue weighted by Gasteiger charge is 2.19. The second-order valence-electron chi connectivity index (χ2n) is 9.07. The molecule has 0 fully saturated rings.